The number of rotatable bonds is 5. The second-order valence-electron chi connectivity index (χ2n) is 6.55. The van der Waals surface area contributed by atoms with Crippen LogP contribution in [0.25, 0.3) is 0 Å². The molecular weight excluding hydrogens is 265 g/mol. The van der Waals surface area contributed by atoms with Gasteiger partial charge in [-0.1, -0.05) is 6.07 Å². The standard InChI is InChI=1S/C17H28FN3/c1-13(19)11-15-16(18)5-4-6-17(15)21(3)12-14-7-9-20(2)10-8-14/h4-6,13-14H,7-12,19H2,1-3H3. The number of piperidine rings is 1. The van der Waals surface area contributed by atoms with Crippen LogP contribution in [0, 0.1) is 11.7 Å². The van der Waals surface area contributed by atoms with E-state index in [-0.39, 0.29) is 11.9 Å². The Balaban J connectivity index is 2.07. The van der Waals surface area contributed by atoms with E-state index in [0.717, 1.165) is 30.9 Å². The van der Waals surface area contributed by atoms with E-state index in [1.54, 1.807) is 6.07 Å². The number of anilines is 1. The molecule has 0 aromatic heterocycles. The van der Waals surface area contributed by atoms with Gasteiger partial charge in [0.15, 0.2) is 0 Å². The Morgan fingerprint density at radius 1 is 1.38 bits per heavy atom. The summed E-state index contributed by atoms with van der Waals surface area (Å²) in [6, 6.07) is 5.30. The van der Waals surface area contributed by atoms with Crippen LogP contribution in [-0.4, -0.2) is 44.7 Å². The van der Waals surface area contributed by atoms with E-state index in [9.17, 15) is 4.39 Å². The van der Waals surface area contributed by atoms with Gasteiger partial charge in [-0.25, -0.2) is 4.39 Å². The zero-order chi connectivity index (χ0) is 15.4. The molecule has 2 N–H and O–H groups in total. The van der Waals surface area contributed by atoms with Crippen molar-refractivity contribution < 1.29 is 4.39 Å². The number of hydrogen-bond acceptors (Lipinski definition) is 3. The minimum atomic E-state index is -0.139. The van der Waals surface area contributed by atoms with Gasteiger partial charge in [0.1, 0.15) is 5.82 Å². The van der Waals surface area contributed by atoms with Crippen molar-refractivity contribution in [1.29, 1.82) is 0 Å². The van der Waals surface area contributed by atoms with Crippen molar-refractivity contribution in [2.75, 3.05) is 38.6 Å². The maximum atomic E-state index is 14.1. The van der Waals surface area contributed by atoms with Gasteiger partial charge in [-0.15, -0.1) is 0 Å². The topological polar surface area (TPSA) is 32.5 Å². The Hall–Kier alpha value is -1.13. The van der Waals surface area contributed by atoms with Crippen LogP contribution < -0.4 is 10.6 Å². The van der Waals surface area contributed by atoms with Crippen molar-refractivity contribution in [3.8, 4) is 0 Å². The molecule has 1 atom stereocenters. The van der Waals surface area contributed by atoms with E-state index in [1.165, 1.54) is 18.9 Å². The zero-order valence-corrected chi connectivity index (χ0v) is 13.5. The highest BCUT2D eigenvalue weighted by molar-refractivity contribution is 5.54. The molecule has 0 radical (unpaired) electrons. The van der Waals surface area contributed by atoms with Gasteiger partial charge in [0.05, 0.1) is 0 Å². The lowest BCUT2D eigenvalue weighted by Gasteiger charge is -2.33. The molecule has 0 bridgehead atoms. The zero-order valence-electron chi connectivity index (χ0n) is 13.5. The molecule has 1 aliphatic rings. The van der Waals surface area contributed by atoms with Gasteiger partial charge >= 0.3 is 0 Å². The first-order valence-electron chi connectivity index (χ1n) is 7.90. The van der Waals surface area contributed by atoms with Crippen LogP contribution in [0.3, 0.4) is 0 Å². The Bertz CT molecular complexity index is 453. The van der Waals surface area contributed by atoms with Crippen LogP contribution in [0.2, 0.25) is 0 Å². The van der Waals surface area contributed by atoms with Gasteiger partial charge < -0.3 is 15.5 Å². The van der Waals surface area contributed by atoms with Crippen molar-refractivity contribution in [3.05, 3.63) is 29.6 Å². The van der Waals surface area contributed by atoms with E-state index >= 15 is 0 Å². The molecule has 0 saturated carbocycles. The maximum Gasteiger partial charge on any atom is 0.128 e. The number of nitrogens with two attached hydrogens (primary N) is 1. The summed E-state index contributed by atoms with van der Waals surface area (Å²) in [5.74, 6) is 0.553. The third-order valence-electron chi connectivity index (χ3n) is 4.40. The Morgan fingerprint density at radius 3 is 2.67 bits per heavy atom. The number of hydrogen-bond donors (Lipinski definition) is 1. The highest BCUT2D eigenvalue weighted by Crippen LogP contribution is 2.26. The summed E-state index contributed by atoms with van der Waals surface area (Å²) >= 11 is 0. The van der Waals surface area contributed by atoms with Crippen LogP contribution in [0.4, 0.5) is 10.1 Å². The van der Waals surface area contributed by atoms with E-state index in [2.05, 4.69) is 23.9 Å². The summed E-state index contributed by atoms with van der Waals surface area (Å²) in [5.41, 5.74) is 7.62. The first-order valence-corrected chi connectivity index (χ1v) is 7.90. The van der Waals surface area contributed by atoms with Gasteiger partial charge in [-0.3, -0.25) is 0 Å². The van der Waals surface area contributed by atoms with Crippen molar-refractivity contribution in [3.63, 3.8) is 0 Å². The predicted octanol–water partition coefficient (Wildman–Crippen LogP) is 2.49. The van der Waals surface area contributed by atoms with Gasteiger partial charge in [-0.05, 0) is 64.4 Å². The lowest BCUT2D eigenvalue weighted by molar-refractivity contribution is 0.222. The third-order valence-corrected chi connectivity index (χ3v) is 4.40. The molecule has 1 saturated heterocycles. The van der Waals surface area contributed by atoms with Crippen LogP contribution in [0.5, 0.6) is 0 Å². The lowest BCUT2D eigenvalue weighted by atomic mass is 9.96. The highest BCUT2D eigenvalue weighted by atomic mass is 19.1. The van der Waals surface area contributed by atoms with E-state index in [0.29, 0.717) is 12.3 Å². The fraction of sp³-hybridized carbons (Fsp3) is 0.647. The van der Waals surface area contributed by atoms with Gasteiger partial charge in [-0.2, -0.15) is 0 Å². The summed E-state index contributed by atoms with van der Waals surface area (Å²) in [6.45, 7) is 5.24. The molecule has 118 valence electrons. The predicted molar refractivity (Wildman–Crippen MR) is 87.2 cm³/mol. The second-order valence-corrected chi connectivity index (χ2v) is 6.55. The average Bonchev–Trinajstić information content (AvgIpc) is 2.43. The SMILES string of the molecule is CC(N)Cc1c(F)cccc1N(C)CC1CCN(C)CC1. The van der Waals surface area contributed by atoms with E-state index in [1.807, 2.05) is 13.0 Å². The number of likely N-dealkylation sites (tertiary alicyclic amines) is 1. The smallest absolute Gasteiger partial charge is 0.128 e. The van der Waals surface area contributed by atoms with Crippen LogP contribution >= 0.6 is 0 Å². The molecular formula is C17H28FN3. The molecule has 3 nitrogen and oxygen atoms in total. The summed E-state index contributed by atoms with van der Waals surface area (Å²) in [6.07, 6.45) is 3.03. The van der Waals surface area contributed by atoms with Crippen LogP contribution in [-0.2, 0) is 6.42 Å². The lowest BCUT2D eigenvalue weighted by Crippen LogP contribution is -2.36. The van der Waals surface area contributed by atoms with Crippen molar-refractivity contribution in [2.45, 2.75) is 32.2 Å². The second kappa shape index (κ2) is 7.23. The van der Waals surface area contributed by atoms with Gasteiger partial charge in [0, 0.05) is 30.9 Å². The molecule has 21 heavy (non-hydrogen) atoms. The summed E-state index contributed by atoms with van der Waals surface area (Å²) < 4.78 is 14.1. The first kappa shape index (κ1) is 16.2. The maximum absolute atomic E-state index is 14.1. The minimum absolute atomic E-state index is 0.0302. The Morgan fingerprint density at radius 2 is 2.05 bits per heavy atom. The molecule has 1 fully saturated rings. The van der Waals surface area contributed by atoms with Crippen LogP contribution in [0.15, 0.2) is 18.2 Å². The van der Waals surface area contributed by atoms with Crippen molar-refractivity contribution >= 4 is 5.69 Å². The summed E-state index contributed by atoms with van der Waals surface area (Å²) in [4.78, 5) is 4.58. The number of nitrogens with zero attached hydrogens (tertiary/aromatic N) is 2. The van der Waals surface area contributed by atoms with Gasteiger partial charge in [0.25, 0.3) is 0 Å². The third kappa shape index (κ3) is 4.42. The largest absolute Gasteiger partial charge is 0.374 e. The first-order chi connectivity index (χ1) is 9.97. The summed E-state index contributed by atoms with van der Waals surface area (Å²) in [5, 5.41) is 0. The normalized spacial score (nSPS) is 18.7. The number of benzene rings is 1. The summed E-state index contributed by atoms with van der Waals surface area (Å²) in [7, 11) is 4.24. The minimum Gasteiger partial charge on any atom is -0.374 e. The molecule has 4 heteroatoms. The molecule has 0 amide bonds. The molecule has 2 rings (SSSR count). The van der Waals surface area contributed by atoms with Crippen LogP contribution in [0.1, 0.15) is 25.3 Å². The monoisotopic (exact) mass is 293 g/mol. The Kier molecular flexibility index (Phi) is 5.59. The van der Waals surface area contributed by atoms with Gasteiger partial charge in [0.2, 0.25) is 0 Å². The average molecular weight is 293 g/mol. The van der Waals surface area contributed by atoms with Crippen molar-refractivity contribution in [2.24, 2.45) is 11.7 Å². The fourth-order valence-corrected chi connectivity index (χ4v) is 3.16. The molecule has 1 aliphatic heterocycles. The fourth-order valence-electron chi connectivity index (χ4n) is 3.16. The quantitative estimate of drug-likeness (QED) is 0.905. The van der Waals surface area contributed by atoms with Crippen molar-refractivity contribution in [1.82, 2.24) is 4.90 Å². The van der Waals surface area contributed by atoms with E-state index in [4.69, 9.17) is 5.73 Å². The molecule has 1 unspecified atom stereocenters. The molecule has 1 aromatic carbocycles. The molecule has 0 aliphatic carbocycles. The molecule has 1 heterocycles. The molecule has 0 spiro atoms. The molecule has 1 aromatic rings. The highest BCUT2D eigenvalue weighted by Gasteiger charge is 2.20. The Labute approximate surface area is 127 Å². The van der Waals surface area contributed by atoms with E-state index < -0.39 is 0 Å². The number of halogens is 1.